The molecule has 160 valence electrons. The first kappa shape index (κ1) is 19.5. The molecule has 0 fully saturated rings. The smallest absolute Gasteiger partial charge is 0.354 e. The van der Waals surface area contributed by atoms with E-state index in [4.69, 9.17) is 9.88 Å². The van der Waals surface area contributed by atoms with Crippen molar-refractivity contribution < 1.29 is 18.1 Å². The number of aryl methyl sites for hydroxylation is 2. The largest absolute Gasteiger partial charge is 0.473 e. The van der Waals surface area contributed by atoms with Gasteiger partial charge in [-0.15, -0.1) is 4.36 Å². The van der Waals surface area contributed by atoms with Crippen LogP contribution in [0.5, 0.6) is 5.88 Å². The average molecular weight is 434 g/mol. The molecular formula is C20H24FN5O3S. The van der Waals surface area contributed by atoms with Crippen LogP contribution in [0.4, 0.5) is 14.9 Å². The Labute approximate surface area is 174 Å². The van der Waals surface area contributed by atoms with E-state index in [1.54, 1.807) is 0 Å². The first-order chi connectivity index (χ1) is 14.2. The molecule has 2 aromatic rings. The molecule has 1 aromatic heterocycles. The second-order valence-corrected chi connectivity index (χ2v) is 10.3. The lowest BCUT2D eigenvalue weighted by atomic mass is 9.99. The van der Waals surface area contributed by atoms with E-state index in [9.17, 15) is 13.4 Å². The highest BCUT2D eigenvalue weighted by molar-refractivity contribution is 7.91. The van der Waals surface area contributed by atoms with Crippen LogP contribution in [0.15, 0.2) is 21.5 Å². The molecular weight excluding hydrogens is 409 g/mol. The van der Waals surface area contributed by atoms with E-state index in [1.807, 2.05) is 0 Å². The predicted octanol–water partition coefficient (Wildman–Crippen LogP) is 2.91. The van der Waals surface area contributed by atoms with E-state index >= 15 is 0 Å². The number of carbonyl (C=O) groups is 1. The van der Waals surface area contributed by atoms with Crippen molar-refractivity contribution >= 4 is 21.6 Å². The van der Waals surface area contributed by atoms with E-state index in [2.05, 4.69) is 20.8 Å². The number of aromatic nitrogens is 2. The van der Waals surface area contributed by atoms with Crippen LogP contribution in [0.25, 0.3) is 0 Å². The Kier molecular flexibility index (Phi) is 4.41. The molecule has 3 aliphatic rings. The molecule has 0 unspecified atom stereocenters. The molecule has 2 heterocycles. The summed E-state index contributed by atoms with van der Waals surface area (Å²) in [6.45, 7) is 1.13. The van der Waals surface area contributed by atoms with Crippen molar-refractivity contribution in [3.05, 3.63) is 34.5 Å². The van der Waals surface area contributed by atoms with E-state index in [0.29, 0.717) is 0 Å². The van der Waals surface area contributed by atoms with Gasteiger partial charge in [-0.25, -0.2) is 23.2 Å². The average Bonchev–Trinajstić information content (AvgIpc) is 3.38. The standard InChI is InChI=1S/C20H24FN5O3S/c1-20(21)10-26-18(29-11-20)16(9-23-26)30(22,28)25-19(27)24-17-14-6-2-4-12(14)8-13-5-3-7-15(13)17/h8-9H,2-7,10-11H2,1H3,(H3,22,24,25,27,28)/t20-,30+/m0/s1. The van der Waals surface area contributed by atoms with Crippen molar-refractivity contribution in [2.45, 2.75) is 62.6 Å². The summed E-state index contributed by atoms with van der Waals surface area (Å²) in [4.78, 5) is 12.7. The number of ether oxygens (including phenoxy) is 1. The Morgan fingerprint density at radius 3 is 2.63 bits per heavy atom. The van der Waals surface area contributed by atoms with Gasteiger partial charge >= 0.3 is 6.03 Å². The highest BCUT2D eigenvalue weighted by Gasteiger charge is 2.35. The van der Waals surface area contributed by atoms with Crippen LogP contribution >= 0.6 is 0 Å². The topological polar surface area (TPSA) is 112 Å². The fraction of sp³-hybridized carbons (Fsp3) is 0.500. The highest BCUT2D eigenvalue weighted by Crippen LogP contribution is 2.39. The zero-order valence-corrected chi connectivity index (χ0v) is 17.6. The van der Waals surface area contributed by atoms with Crippen molar-refractivity contribution in [3.8, 4) is 5.88 Å². The summed E-state index contributed by atoms with van der Waals surface area (Å²) in [5.41, 5.74) is 4.06. The van der Waals surface area contributed by atoms with Gasteiger partial charge in [0.1, 0.15) is 11.5 Å². The van der Waals surface area contributed by atoms with E-state index < -0.39 is 21.6 Å². The molecule has 2 amide bonds. The van der Waals surface area contributed by atoms with Crippen molar-refractivity contribution in [1.82, 2.24) is 9.78 Å². The Morgan fingerprint density at radius 2 is 1.97 bits per heavy atom. The summed E-state index contributed by atoms with van der Waals surface area (Å²) >= 11 is 0. The molecule has 8 nitrogen and oxygen atoms in total. The van der Waals surface area contributed by atoms with Crippen molar-refractivity contribution in [2.75, 3.05) is 11.9 Å². The van der Waals surface area contributed by atoms with Gasteiger partial charge in [-0.05, 0) is 67.7 Å². The van der Waals surface area contributed by atoms with Gasteiger partial charge in [0, 0.05) is 5.69 Å². The van der Waals surface area contributed by atoms with Gasteiger partial charge in [0.05, 0.1) is 12.7 Å². The maximum Gasteiger partial charge on any atom is 0.354 e. The third-order valence-corrected chi connectivity index (χ3v) is 7.33. The number of nitrogens with zero attached hydrogens (tertiary/aromatic N) is 3. The maximum absolute atomic E-state index is 14.2. The quantitative estimate of drug-likeness (QED) is 0.758. The normalized spacial score (nSPS) is 23.7. The highest BCUT2D eigenvalue weighted by atomic mass is 32.2. The van der Waals surface area contributed by atoms with E-state index in [0.717, 1.165) is 55.3 Å². The fourth-order valence-corrected chi connectivity index (χ4v) is 5.66. The fourth-order valence-electron chi connectivity index (χ4n) is 4.66. The third-order valence-electron chi connectivity index (χ3n) is 5.99. The number of carbonyl (C=O) groups excluding carboxylic acids is 1. The number of halogens is 1. The lowest BCUT2D eigenvalue weighted by Crippen LogP contribution is -2.38. The number of nitrogens with one attached hydrogen (secondary N) is 1. The molecule has 0 saturated carbocycles. The number of hydrogen-bond acceptors (Lipinski definition) is 4. The summed E-state index contributed by atoms with van der Waals surface area (Å²) in [6, 6.07) is 1.50. The number of fused-ring (bicyclic) bond motifs is 3. The molecule has 0 bridgehead atoms. The van der Waals surface area contributed by atoms with Crippen LogP contribution in [0.2, 0.25) is 0 Å². The minimum atomic E-state index is -3.61. The summed E-state index contributed by atoms with van der Waals surface area (Å²) in [5.74, 6) is 0.0932. The van der Waals surface area contributed by atoms with Crippen LogP contribution in [0.3, 0.4) is 0 Å². The van der Waals surface area contributed by atoms with Gasteiger partial charge in [-0.1, -0.05) is 6.07 Å². The molecule has 0 saturated heterocycles. The first-order valence-corrected chi connectivity index (χ1v) is 11.7. The van der Waals surface area contributed by atoms with Crippen LogP contribution in [0.1, 0.15) is 42.0 Å². The first-order valence-electron chi connectivity index (χ1n) is 10.1. The molecule has 0 radical (unpaired) electrons. The van der Waals surface area contributed by atoms with Gasteiger partial charge < -0.3 is 10.1 Å². The van der Waals surface area contributed by atoms with Crippen molar-refractivity contribution in [3.63, 3.8) is 0 Å². The zero-order valence-electron chi connectivity index (χ0n) is 16.7. The maximum atomic E-state index is 14.2. The molecule has 30 heavy (non-hydrogen) atoms. The van der Waals surface area contributed by atoms with Gasteiger partial charge in [0.25, 0.3) is 0 Å². The van der Waals surface area contributed by atoms with Crippen molar-refractivity contribution in [2.24, 2.45) is 9.50 Å². The molecule has 1 aromatic carbocycles. The van der Waals surface area contributed by atoms with Gasteiger partial charge in [-0.2, -0.15) is 5.10 Å². The molecule has 2 atom stereocenters. The Hall–Kier alpha value is -2.46. The summed E-state index contributed by atoms with van der Waals surface area (Å²) < 4.78 is 37.6. The van der Waals surface area contributed by atoms with E-state index in [1.165, 1.54) is 28.9 Å². The van der Waals surface area contributed by atoms with Gasteiger partial charge in [-0.3, -0.25) is 0 Å². The zero-order chi connectivity index (χ0) is 21.1. The monoisotopic (exact) mass is 433 g/mol. The Morgan fingerprint density at radius 1 is 1.30 bits per heavy atom. The molecule has 2 aliphatic carbocycles. The van der Waals surface area contributed by atoms with Crippen LogP contribution in [-0.2, 0) is 42.1 Å². The Bertz CT molecular complexity index is 1150. The number of nitrogens with two attached hydrogens (primary N) is 1. The van der Waals surface area contributed by atoms with Gasteiger partial charge in [0.15, 0.2) is 15.6 Å². The minimum absolute atomic E-state index is 0.00308. The van der Waals surface area contributed by atoms with Crippen LogP contribution in [0, 0.1) is 0 Å². The number of anilines is 1. The van der Waals surface area contributed by atoms with E-state index in [-0.39, 0.29) is 23.9 Å². The Balaban J connectivity index is 1.47. The summed E-state index contributed by atoms with van der Waals surface area (Å²) in [6.07, 6.45) is 7.16. The minimum Gasteiger partial charge on any atom is -0.473 e. The predicted molar refractivity (Wildman–Crippen MR) is 110 cm³/mol. The van der Waals surface area contributed by atoms with Crippen LogP contribution < -0.4 is 15.2 Å². The number of alkyl halides is 1. The molecule has 1 aliphatic heterocycles. The number of hydrogen-bond donors (Lipinski definition) is 2. The SMILES string of the molecule is C[C@@]1(F)COc2c([S@](N)(=O)=NC(=O)Nc3c4c(cc5c3CCC5)CCC4)cnn2C1. The number of benzene rings is 1. The van der Waals surface area contributed by atoms with Gasteiger partial charge in [0.2, 0.25) is 5.88 Å². The number of amides is 2. The lowest BCUT2D eigenvalue weighted by molar-refractivity contribution is 0.0411. The van der Waals surface area contributed by atoms with Crippen LogP contribution in [-0.4, -0.2) is 32.3 Å². The third kappa shape index (κ3) is 3.27. The second-order valence-electron chi connectivity index (χ2n) is 8.50. The second kappa shape index (κ2) is 6.78. The number of rotatable bonds is 2. The molecule has 3 N–H and O–H groups in total. The summed E-state index contributed by atoms with van der Waals surface area (Å²) in [5, 5.41) is 12.8. The lowest BCUT2D eigenvalue weighted by Gasteiger charge is -2.27. The molecule has 0 spiro atoms. The number of urea groups is 1. The van der Waals surface area contributed by atoms with Crippen molar-refractivity contribution in [1.29, 1.82) is 0 Å². The molecule has 5 rings (SSSR count). The molecule has 10 heteroatoms. The summed E-state index contributed by atoms with van der Waals surface area (Å²) in [7, 11) is -3.61.